The SMILES string of the molecule is CCNC(=NCc1c(C)nn(C)c1C)NCCN(C)C1CCCC1.I. The lowest BCUT2D eigenvalue weighted by molar-refractivity contribution is 0.249. The molecule has 0 bridgehead atoms. The van der Waals surface area contributed by atoms with Crippen molar-refractivity contribution in [3.05, 3.63) is 17.0 Å². The molecule has 0 radical (unpaired) electrons. The van der Waals surface area contributed by atoms with E-state index in [4.69, 9.17) is 4.99 Å². The zero-order chi connectivity index (χ0) is 17.5. The normalized spacial score (nSPS) is 15.5. The average molecular weight is 462 g/mol. The van der Waals surface area contributed by atoms with E-state index in [1.165, 1.54) is 36.9 Å². The van der Waals surface area contributed by atoms with Crippen LogP contribution in [0.5, 0.6) is 0 Å². The minimum absolute atomic E-state index is 0. The van der Waals surface area contributed by atoms with Crippen molar-refractivity contribution in [3.63, 3.8) is 0 Å². The highest BCUT2D eigenvalue weighted by Crippen LogP contribution is 2.21. The summed E-state index contributed by atoms with van der Waals surface area (Å²) in [5.41, 5.74) is 3.47. The van der Waals surface area contributed by atoms with Gasteiger partial charge < -0.3 is 15.5 Å². The van der Waals surface area contributed by atoms with E-state index in [9.17, 15) is 0 Å². The van der Waals surface area contributed by atoms with Gasteiger partial charge in [-0.15, -0.1) is 24.0 Å². The van der Waals surface area contributed by atoms with Crippen LogP contribution in [0.15, 0.2) is 4.99 Å². The predicted molar refractivity (Wildman–Crippen MR) is 116 cm³/mol. The van der Waals surface area contributed by atoms with E-state index >= 15 is 0 Å². The van der Waals surface area contributed by atoms with Crippen LogP contribution in [0.1, 0.15) is 49.6 Å². The molecular formula is C18H35IN6. The second-order valence-corrected chi connectivity index (χ2v) is 6.81. The Balaban J connectivity index is 0.00000312. The average Bonchev–Trinajstić information content (AvgIpc) is 3.15. The Morgan fingerprint density at radius 3 is 2.52 bits per heavy atom. The largest absolute Gasteiger partial charge is 0.357 e. The Hall–Kier alpha value is -0.830. The van der Waals surface area contributed by atoms with Crippen LogP contribution in [0.2, 0.25) is 0 Å². The number of aryl methyl sites for hydroxylation is 2. The minimum atomic E-state index is 0. The molecule has 0 atom stereocenters. The number of hydrogen-bond acceptors (Lipinski definition) is 3. The van der Waals surface area contributed by atoms with Gasteiger partial charge in [0.15, 0.2) is 5.96 Å². The maximum atomic E-state index is 4.74. The van der Waals surface area contributed by atoms with E-state index in [0.717, 1.165) is 37.3 Å². The molecule has 1 aromatic heterocycles. The highest BCUT2D eigenvalue weighted by Gasteiger charge is 2.18. The molecule has 1 aliphatic carbocycles. The van der Waals surface area contributed by atoms with Crippen molar-refractivity contribution in [2.75, 3.05) is 26.7 Å². The Kier molecular flexibility index (Phi) is 9.78. The van der Waals surface area contributed by atoms with Gasteiger partial charge in [0, 0.05) is 44.0 Å². The van der Waals surface area contributed by atoms with Crippen molar-refractivity contribution in [3.8, 4) is 0 Å². The molecule has 0 amide bonds. The van der Waals surface area contributed by atoms with Crippen molar-refractivity contribution in [2.24, 2.45) is 12.0 Å². The van der Waals surface area contributed by atoms with Crippen LogP contribution >= 0.6 is 24.0 Å². The van der Waals surface area contributed by atoms with Gasteiger partial charge in [-0.25, -0.2) is 4.99 Å². The van der Waals surface area contributed by atoms with Crippen LogP contribution < -0.4 is 10.6 Å². The highest BCUT2D eigenvalue weighted by molar-refractivity contribution is 14.0. The lowest BCUT2D eigenvalue weighted by atomic mass is 10.2. The smallest absolute Gasteiger partial charge is 0.191 e. The molecular weight excluding hydrogens is 427 g/mol. The van der Waals surface area contributed by atoms with E-state index in [2.05, 4.69) is 48.5 Å². The van der Waals surface area contributed by atoms with Gasteiger partial charge in [-0.3, -0.25) is 4.68 Å². The summed E-state index contributed by atoms with van der Waals surface area (Å²) in [6.45, 7) is 9.76. The van der Waals surface area contributed by atoms with Crippen LogP contribution in [0.25, 0.3) is 0 Å². The third-order valence-electron chi connectivity index (χ3n) is 5.10. The quantitative estimate of drug-likeness (QED) is 0.372. The summed E-state index contributed by atoms with van der Waals surface area (Å²) in [6.07, 6.45) is 5.47. The van der Waals surface area contributed by atoms with E-state index < -0.39 is 0 Å². The van der Waals surface area contributed by atoms with Gasteiger partial charge in [-0.05, 0) is 40.7 Å². The summed E-state index contributed by atoms with van der Waals surface area (Å²) in [4.78, 5) is 7.22. The fourth-order valence-corrected chi connectivity index (χ4v) is 3.42. The third kappa shape index (κ3) is 6.44. The molecule has 1 heterocycles. The molecule has 0 saturated heterocycles. The number of nitrogens with one attached hydrogen (secondary N) is 2. The van der Waals surface area contributed by atoms with Gasteiger partial charge in [-0.2, -0.15) is 5.10 Å². The molecule has 25 heavy (non-hydrogen) atoms. The van der Waals surface area contributed by atoms with Crippen LogP contribution in [0, 0.1) is 13.8 Å². The minimum Gasteiger partial charge on any atom is -0.357 e. The monoisotopic (exact) mass is 462 g/mol. The third-order valence-corrected chi connectivity index (χ3v) is 5.10. The van der Waals surface area contributed by atoms with Crippen LogP contribution in [0.3, 0.4) is 0 Å². The lowest BCUT2D eigenvalue weighted by Gasteiger charge is -2.24. The number of guanidine groups is 1. The first-order valence-corrected chi connectivity index (χ1v) is 9.24. The molecule has 0 unspecified atom stereocenters. The Morgan fingerprint density at radius 2 is 1.96 bits per heavy atom. The summed E-state index contributed by atoms with van der Waals surface area (Å²) >= 11 is 0. The van der Waals surface area contributed by atoms with Gasteiger partial charge in [0.2, 0.25) is 0 Å². The van der Waals surface area contributed by atoms with Crippen molar-refractivity contribution in [2.45, 2.75) is 59.0 Å². The number of hydrogen-bond donors (Lipinski definition) is 2. The molecule has 1 aliphatic rings. The first kappa shape index (κ1) is 22.2. The molecule has 1 fully saturated rings. The maximum absolute atomic E-state index is 4.74. The second-order valence-electron chi connectivity index (χ2n) is 6.81. The van der Waals surface area contributed by atoms with E-state index in [-0.39, 0.29) is 24.0 Å². The fourth-order valence-electron chi connectivity index (χ4n) is 3.42. The number of aliphatic imine (C=N–C) groups is 1. The molecule has 2 rings (SSSR count). The number of aromatic nitrogens is 2. The molecule has 1 aromatic rings. The van der Waals surface area contributed by atoms with Gasteiger partial charge >= 0.3 is 0 Å². The first-order chi connectivity index (χ1) is 11.5. The van der Waals surface area contributed by atoms with Crippen LogP contribution in [0.4, 0.5) is 0 Å². The first-order valence-electron chi connectivity index (χ1n) is 9.24. The summed E-state index contributed by atoms with van der Waals surface area (Å²) in [5, 5.41) is 11.3. The number of halogens is 1. The molecule has 144 valence electrons. The molecule has 2 N–H and O–H groups in total. The van der Waals surface area contributed by atoms with E-state index in [1.54, 1.807) is 0 Å². The Bertz CT molecular complexity index is 548. The lowest BCUT2D eigenvalue weighted by Crippen LogP contribution is -2.42. The van der Waals surface area contributed by atoms with Crippen molar-refractivity contribution >= 4 is 29.9 Å². The molecule has 7 heteroatoms. The topological polar surface area (TPSA) is 57.5 Å². The standard InChI is InChI=1S/C18H34N6.HI/c1-6-19-18(20-11-12-23(4)16-9-7-8-10-16)21-13-17-14(2)22-24(5)15(17)3;/h16H,6-13H2,1-5H3,(H2,19,20,21);1H. The number of rotatable bonds is 7. The molecule has 0 aliphatic heterocycles. The van der Waals surface area contributed by atoms with Gasteiger partial charge in [-0.1, -0.05) is 12.8 Å². The predicted octanol–water partition coefficient (Wildman–Crippen LogP) is 2.58. The van der Waals surface area contributed by atoms with E-state index in [0.29, 0.717) is 6.54 Å². The zero-order valence-electron chi connectivity index (χ0n) is 16.4. The number of nitrogens with zero attached hydrogens (tertiary/aromatic N) is 4. The molecule has 0 spiro atoms. The molecule has 1 saturated carbocycles. The summed E-state index contributed by atoms with van der Waals surface area (Å²) in [5.74, 6) is 0.889. The van der Waals surface area contributed by atoms with Crippen molar-refractivity contribution in [1.82, 2.24) is 25.3 Å². The second kappa shape index (κ2) is 11.0. The fraction of sp³-hybridized carbons (Fsp3) is 0.778. The van der Waals surface area contributed by atoms with Crippen LogP contribution in [-0.4, -0.2) is 53.4 Å². The Labute approximate surface area is 169 Å². The van der Waals surface area contributed by atoms with Crippen LogP contribution in [-0.2, 0) is 13.6 Å². The summed E-state index contributed by atoms with van der Waals surface area (Å²) < 4.78 is 1.93. The van der Waals surface area contributed by atoms with Crippen molar-refractivity contribution in [1.29, 1.82) is 0 Å². The van der Waals surface area contributed by atoms with E-state index in [1.807, 2.05) is 11.7 Å². The maximum Gasteiger partial charge on any atom is 0.191 e. The highest BCUT2D eigenvalue weighted by atomic mass is 127. The van der Waals surface area contributed by atoms with Gasteiger partial charge in [0.1, 0.15) is 0 Å². The molecule has 6 nitrogen and oxygen atoms in total. The van der Waals surface area contributed by atoms with Gasteiger partial charge in [0.05, 0.1) is 12.2 Å². The molecule has 0 aromatic carbocycles. The summed E-state index contributed by atoms with van der Waals surface area (Å²) in [6, 6.07) is 0.770. The Morgan fingerprint density at radius 1 is 1.28 bits per heavy atom. The number of likely N-dealkylation sites (N-methyl/N-ethyl adjacent to an activating group) is 1. The zero-order valence-corrected chi connectivity index (χ0v) is 18.8. The van der Waals surface area contributed by atoms with Crippen molar-refractivity contribution < 1.29 is 0 Å². The summed E-state index contributed by atoms with van der Waals surface area (Å²) in [7, 11) is 4.22. The van der Waals surface area contributed by atoms with Gasteiger partial charge in [0.25, 0.3) is 0 Å².